The lowest BCUT2D eigenvalue weighted by molar-refractivity contribution is 0.476. The molecule has 8 heteroatoms. The minimum Gasteiger partial charge on any atom is -0.453 e. The Morgan fingerprint density at radius 2 is 2.10 bits per heavy atom. The Balaban J connectivity index is 2.24. The maximum atomic E-state index is 11.6. The van der Waals surface area contributed by atoms with Gasteiger partial charge in [0.1, 0.15) is 17.5 Å². The summed E-state index contributed by atoms with van der Waals surface area (Å²) in [5, 5.41) is 8.72. The highest BCUT2D eigenvalue weighted by atomic mass is 35.5. The van der Waals surface area contributed by atoms with Crippen molar-refractivity contribution in [2.24, 2.45) is 0 Å². The number of ether oxygens (including phenoxy) is 1. The zero-order valence-electron chi connectivity index (χ0n) is 10.9. The summed E-state index contributed by atoms with van der Waals surface area (Å²) < 4.78 is 28.7. The first-order chi connectivity index (χ1) is 9.96. The van der Waals surface area contributed by atoms with Gasteiger partial charge < -0.3 is 4.74 Å². The van der Waals surface area contributed by atoms with Gasteiger partial charge >= 0.3 is 0 Å². The van der Waals surface area contributed by atoms with E-state index in [-0.39, 0.29) is 27.4 Å². The number of pyridine rings is 2. The number of rotatable bonds is 4. The molecular formula is C13H10ClN3O3S. The van der Waals surface area contributed by atoms with Crippen LogP contribution in [0, 0.1) is 11.3 Å². The Morgan fingerprint density at radius 3 is 2.62 bits per heavy atom. The van der Waals surface area contributed by atoms with Crippen LogP contribution in [0.25, 0.3) is 0 Å². The Kier molecular flexibility index (Phi) is 4.40. The summed E-state index contributed by atoms with van der Waals surface area (Å²) in [5.74, 6) is 0.549. The highest BCUT2D eigenvalue weighted by Crippen LogP contribution is 2.27. The van der Waals surface area contributed by atoms with Gasteiger partial charge in [-0.25, -0.2) is 18.4 Å². The first kappa shape index (κ1) is 15.2. The van der Waals surface area contributed by atoms with Gasteiger partial charge in [0.2, 0.25) is 0 Å². The average molecular weight is 324 g/mol. The fourth-order valence-corrected chi connectivity index (χ4v) is 2.42. The summed E-state index contributed by atoms with van der Waals surface area (Å²) in [5.41, 5.74) is 0.176. The lowest BCUT2D eigenvalue weighted by Gasteiger charge is -2.07. The molecule has 0 atom stereocenters. The monoisotopic (exact) mass is 323 g/mol. The summed E-state index contributed by atoms with van der Waals surface area (Å²) in [4.78, 5) is 7.67. The van der Waals surface area contributed by atoms with Crippen molar-refractivity contribution >= 4 is 21.4 Å². The second-order valence-electron chi connectivity index (χ2n) is 3.93. The molecule has 2 aromatic rings. The Hall–Kier alpha value is -2.17. The third-order valence-electron chi connectivity index (χ3n) is 2.56. The second-order valence-corrected chi connectivity index (χ2v) is 6.52. The van der Waals surface area contributed by atoms with Crippen LogP contribution in [0.3, 0.4) is 0 Å². The van der Waals surface area contributed by atoms with Crippen molar-refractivity contribution in [2.45, 2.75) is 11.9 Å². The largest absolute Gasteiger partial charge is 0.453 e. The predicted molar refractivity (Wildman–Crippen MR) is 76.0 cm³/mol. The number of aromatic nitrogens is 2. The maximum absolute atomic E-state index is 11.6. The SMILES string of the molecule is CCS(=O)(=O)c1ccc(Oc2ccc(C#N)nc2Cl)cn1. The molecule has 0 amide bonds. The van der Waals surface area contributed by atoms with E-state index in [1.165, 1.54) is 30.5 Å². The van der Waals surface area contributed by atoms with Gasteiger partial charge in [0.15, 0.2) is 25.8 Å². The summed E-state index contributed by atoms with van der Waals surface area (Å²) >= 11 is 5.88. The van der Waals surface area contributed by atoms with Crippen LogP contribution in [0.5, 0.6) is 11.5 Å². The predicted octanol–water partition coefficient (Wildman–Crippen LogP) is 2.59. The quantitative estimate of drug-likeness (QED) is 0.803. The number of nitrogens with zero attached hydrogens (tertiary/aromatic N) is 3. The van der Waals surface area contributed by atoms with E-state index in [4.69, 9.17) is 21.6 Å². The zero-order valence-corrected chi connectivity index (χ0v) is 12.5. The minimum absolute atomic E-state index is 0.0126. The van der Waals surface area contributed by atoms with E-state index in [1.54, 1.807) is 6.92 Å². The van der Waals surface area contributed by atoms with Crippen LogP contribution in [-0.4, -0.2) is 24.1 Å². The molecule has 108 valence electrons. The molecule has 0 radical (unpaired) electrons. The Morgan fingerprint density at radius 1 is 1.33 bits per heavy atom. The van der Waals surface area contributed by atoms with Gasteiger partial charge in [-0.1, -0.05) is 18.5 Å². The molecule has 0 spiro atoms. The number of hydrogen-bond donors (Lipinski definition) is 0. The standard InChI is InChI=1S/C13H10ClN3O3S/c1-2-21(18,19)12-6-4-10(8-16-12)20-11-5-3-9(7-15)17-13(11)14/h3-6,8H,2H2,1H3. The minimum atomic E-state index is -3.35. The molecule has 0 aliphatic heterocycles. The first-order valence-corrected chi connectivity index (χ1v) is 7.92. The van der Waals surface area contributed by atoms with E-state index in [1.807, 2.05) is 6.07 Å². The Bertz CT molecular complexity index is 798. The van der Waals surface area contributed by atoms with Gasteiger partial charge in [0.25, 0.3) is 0 Å². The molecule has 0 aliphatic carbocycles. The van der Waals surface area contributed by atoms with E-state index in [9.17, 15) is 8.42 Å². The highest BCUT2D eigenvalue weighted by molar-refractivity contribution is 7.91. The topological polar surface area (TPSA) is 92.9 Å². The number of sulfone groups is 1. The van der Waals surface area contributed by atoms with Gasteiger partial charge in [0.05, 0.1) is 11.9 Å². The number of nitriles is 1. The van der Waals surface area contributed by atoms with Crippen LogP contribution in [0.15, 0.2) is 35.5 Å². The molecule has 6 nitrogen and oxygen atoms in total. The van der Waals surface area contributed by atoms with Crippen LogP contribution < -0.4 is 4.74 Å². The fraction of sp³-hybridized carbons (Fsp3) is 0.154. The average Bonchev–Trinajstić information content (AvgIpc) is 2.50. The third kappa shape index (κ3) is 3.48. The van der Waals surface area contributed by atoms with E-state index in [0.717, 1.165) is 0 Å². The van der Waals surface area contributed by atoms with Crippen molar-refractivity contribution in [3.8, 4) is 17.6 Å². The van der Waals surface area contributed by atoms with Crippen molar-refractivity contribution in [3.05, 3.63) is 41.3 Å². The molecule has 21 heavy (non-hydrogen) atoms. The molecule has 0 bridgehead atoms. The molecule has 2 rings (SSSR count). The zero-order chi connectivity index (χ0) is 15.5. The second kappa shape index (κ2) is 6.08. The van der Waals surface area contributed by atoms with Crippen molar-refractivity contribution in [2.75, 3.05) is 5.75 Å². The van der Waals surface area contributed by atoms with Gasteiger partial charge in [-0.15, -0.1) is 0 Å². The van der Waals surface area contributed by atoms with Gasteiger partial charge in [0, 0.05) is 0 Å². The van der Waals surface area contributed by atoms with Crippen LogP contribution in [0.4, 0.5) is 0 Å². The first-order valence-electron chi connectivity index (χ1n) is 5.89. The van der Waals surface area contributed by atoms with Crippen molar-refractivity contribution < 1.29 is 13.2 Å². The fourth-order valence-electron chi connectivity index (χ4n) is 1.45. The highest BCUT2D eigenvalue weighted by Gasteiger charge is 2.13. The summed E-state index contributed by atoms with van der Waals surface area (Å²) in [6.45, 7) is 1.55. The maximum Gasteiger partial charge on any atom is 0.195 e. The Labute approximate surface area is 126 Å². The number of halogens is 1. The van der Waals surface area contributed by atoms with Gasteiger partial charge in [-0.3, -0.25) is 0 Å². The normalized spacial score (nSPS) is 10.9. The molecule has 0 unspecified atom stereocenters. The van der Waals surface area contributed by atoms with Crippen LogP contribution in [-0.2, 0) is 9.84 Å². The van der Waals surface area contributed by atoms with Crippen LogP contribution in [0.1, 0.15) is 12.6 Å². The summed E-state index contributed by atoms with van der Waals surface area (Å²) in [7, 11) is -3.35. The smallest absolute Gasteiger partial charge is 0.195 e. The molecule has 0 aliphatic rings. The van der Waals surface area contributed by atoms with E-state index in [0.29, 0.717) is 5.75 Å². The molecule has 0 fully saturated rings. The number of hydrogen-bond acceptors (Lipinski definition) is 6. The van der Waals surface area contributed by atoms with Crippen LogP contribution in [0.2, 0.25) is 5.15 Å². The van der Waals surface area contributed by atoms with Gasteiger partial charge in [-0.2, -0.15) is 5.26 Å². The van der Waals surface area contributed by atoms with Crippen molar-refractivity contribution in [1.82, 2.24) is 9.97 Å². The molecule has 0 aromatic carbocycles. The summed E-state index contributed by atoms with van der Waals surface area (Å²) in [6.07, 6.45) is 1.29. The van der Waals surface area contributed by atoms with Crippen LogP contribution >= 0.6 is 11.6 Å². The molecule has 2 heterocycles. The summed E-state index contributed by atoms with van der Waals surface area (Å²) in [6, 6.07) is 7.66. The van der Waals surface area contributed by atoms with Crippen molar-refractivity contribution in [3.63, 3.8) is 0 Å². The molecule has 0 N–H and O–H groups in total. The molecule has 0 saturated heterocycles. The molecular weight excluding hydrogens is 314 g/mol. The molecule has 0 saturated carbocycles. The third-order valence-corrected chi connectivity index (χ3v) is 4.47. The van der Waals surface area contributed by atoms with Crippen molar-refractivity contribution in [1.29, 1.82) is 5.26 Å². The lowest BCUT2D eigenvalue weighted by Crippen LogP contribution is -2.05. The van der Waals surface area contributed by atoms with E-state index in [2.05, 4.69) is 9.97 Å². The van der Waals surface area contributed by atoms with E-state index >= 15 is 0 Å². The van der Waals surface area contributed by atoms with Gasteiger partial charge in [-0.05, 0) is 24.3 Å². The van der Waals surface area contributed by atoms with E-state index < -0.39 is 9.84 Å². The lowest BCUT2D eigenvalue weighted by atomic mass is 10.3. The molecule has 2 aromatic heterocycles.